The molecule has 3 amide bonds. The third-order valence-electron chi connectivity index (χ3n) is 4.08. The van der Waals surface area contributed by atoms with Crippen LogP contribution in [0, 0.1) is 5.92 Å². The van der Waals surface area contributed by atoms with Gasteiger partial charge >= 0.3 is 6.09 Å². The first-order valence-corrected chi connectivity index (χ1v) is 10.3. The fourth-order valence-electron chi connectivity index (χ4n) is 2.55. The highest BCUT2D eigenvalue weighted by Crippen LogP contribution is 2.31. The van der Waals surface area contributed by atoms with Crippen LogP contribution in [-0.4, -0.2) is 76.4 Å². The van der Waals surface area contributed by atoms with Gasteiger partial charge in [-0.3, -0.25) is 14.9 Å². The van der Waals surface area contributed by atoms with Crippen LogP contribution in [0.25, 0.3) is 0 Å². The summed E-state index contributed by atoms with van der Waals surface area (Å²) in [5, 5.41) is 10.6. The predicted molar refractivity (Wildman–Crippen MR) is 97.2 cm³/mol. The topological polar surface area (TPSA) is 105 Å². The third kappa shape index (κ3) is 5.07. The summed E-state index contributed by atoms with van der Waals surface area (Å²) in [6.45, 7) is 4.36. The number of carbonyl (C=O) groups is 3. The lowest BCUT2D eigenvalue weighted by atomic mass is 10.2. The van der Waals surface area contributed by atoms with Crippen molar-refractivity contribution < 1.29 is 19.1 Å². The molecule has 26 heavy (non-hydrogen) atoms. The number of thioether (sulfide) groups is 1. The van der Waals surface area contributed by atoms with Crippen LogP contribution in [0.15, 0.2) is 4.34 Å². The van der Waals surface area contributed by atoms with Crippen molar-refractivity contribution in [1.29, 1.82) is 0 Å². The van der Waals surface area contributed by atoms with Crippen molar-refractivity contribution in [2.75, 3.05) is 43.9 Å². The van der Waals surface area contributed by atoms with Crippen LogP contribution in [0.4, 0.5) is 9.93 Å². The molecule has 3 rings (SSSR count). The monoisotopic (exact) mass is 399 g/mol. The van der Waals surface area contributed by atoms with Crippen molar-refractivity contribution in [3.05, 3.63) is 0 Å². The van der Waals surface area contributed by atoms with Crippen molar-refractivity contribution >= 4 is 46.1 Å². The van der Waals surface area contributed by atoms with Gasteiger partial charge in [-0.25, -0.2) is 4.79 Å². The first-order valence-electron chi connectivity index (χ1n) is 8.53. The Hall–Kier alpha value is -1.88. The number of hydrogen-bond donors (Lipinski definition) is 1. The zero-order valence-corrected chi connectivity index (χ0v) is 16.1. The second kappa shape index (κ2) is 8.67. The average molecular weight is 399 g/mol. The number of piperazine rings is 1. The minimum Gasteiger partial charge on any atom is -0.450 e. The van der Waals surface area contributed by atoms with Crippen LogP contribution in [0.1, 0.15) is 19.8 Å². The number of carbonyl (C=O) groups excluding carboxylic acids is 3. The van der Waals surface area contributed by atoms with E-state index in [4.69, 9.17) is 4.74 Å². The normalized spacial score (nSPS) is 17.1. The number of rotatable bonds is 6. The number of hydrogen-bond acceptors (Lipinski definition) is 8. The molecule has 1 saturated heterocycles. The largest absolute Gasteiger partial charge is 0.450 e. The third-order valence-corrected chi connectivity index (χ3v) is 6.04. The standard InChI is InChI=1S/C15H21N5O4S2/c1-2-24-14(23)16-13-17-18-15(26-13)25-9-11(21)19-5-7-20(8-6-19)12(22)10-3-4-10/h10H,2-9H2,1H3,(H,16,17,23). The zero-order valence-electron chi connectivity index (χ0n) is 14.5. The number of nitrogens with zero attached hydrogens (tertiary/aromatic N) is 4. The van der Waals surface area contributed by atoms with Crippen LogP contribution in [-0.2, 0) is 14.3 Å². The van der Waals surface area contributed by atoms with E-state index in [1.165, 1.54) is 23.1 Å². The van der Waals surface area contributed by atoms with Gasteiger partial charge in [0.15, 0.2) is 4.34 Å². The molecule has 142 valence electrons. The van der Waals surface area contributed by atoms with Gasteiger partial charge in [0.2, 0.25) is 16.9 Å². The number of nitrogens with one attached hydrogen (secondary N) is 1. The van der Waals surface area contributed by atoms with Gasteiger partial charge < -0.3 is 14.5 Å². The summed E-state index contributed by atoms with van der Waals surface area (Å²) < 4.78 is 5.37. The quantitative estimate of drug-likeness (QED) is 0.567. The molecule has 0 radical (unpaired) electrons. The fraction of sp³-hybridized carbons (Fsp3) is 0.667. The summed E-state index contributed by atoms with van der Waals surface area (Å²) in [7, 11) is 0. The minimum atomic E-state index is -0.574. The van der Waals surface area contributed by atoms with Gasteiger partial charge in [0.25, 0.3) is 0 Å². The molecule has 1 saturated carbocycles. The molecule has 1 aromatic heterocycles. The molecule has 2 heterocycles. The van der Waals surface area contributed by atoms with E-state index in [-0.39, 0.29) is 30.1 Å². The molecular weight excluding hydrogens is 378 g/mol. The van der Waals surface area contributed by atoms with E-state index in [0.717, 1.165) is 12.8 Å². The predicted octanol–water partition coefficient (Wildman–Crippen LogP) is 1.28. The Morgan fingerprint density at radius 1 is 1.19 bits per heavy atom. The molecule has 0 spiro atoms. The van der Waals surface area contributed by atoms with Gasteiger partial charge in [-0.1, -0.05) is 23.1 Å². The molecule has 1 N–H and O–H groups in total. The maximum atomic E-state index is 12.3. The highest BCUT2D eigenvalue weighted by atomic mass is 32.2. The van der Waals surface area contributed by atoms with E-state index >= 15 is 0 Å². The maximum absolute atomic E-state index is 12.3. The van der Waals surface area contributed by atoms with E-state index in [1.54, 1.807) is 11.8 Å². The van der Waals surface area contributed by atoms with Crippen LogP contribution in [0.2, 0.25) is 0 Å². The molecule has 11 heteroatoms. The molecule has 0 atom stereocenters. The van der Waals surface area contributed by atoms with E-state index in [2.05, 4.69) is 15.5 Å². The maximum Gasteiger partial charge on any atom is 0.413 e. The lowest BCUT2D eigenvalue weighted by Crippen LogP contribution is -2.51. The average Bonchev–Trinajstić information content (AvgIpc) is 3.40. The molecule has 0 unspecified atom stereocenters. The van der Waals surface area contributed by atoms with E-state index in [1.807, 2.05) is 4.90 Å². The van der Waals surface area contributed by atoms with Crippen LogP contribution >= 0.6 is 23.1 Å². The van der Waals surface area contributed by atoms with Gasteiger partial charge in [0.1, 0.15) is 0 Å². The number of amides is 3. The molecule has 0 aromatic carbocycles. The Morgan fingerprint density at radius 3 is 2.54 bits per heavy atom. The Labute approximate surface area is 159 Å². The lowest BCUT2D eigenvalue weighted by Gasteiger charge is -2.34. The van der Waals surface area contributed by atoms with Crippen LogP contribution < -0.4 is 5.32 Å². The van der Waals surface area contributed by atoms with Crippen molar-refractivity contribution in [3.8, 4) is 0 Å². The fourth-order valence-corrected chi connectivity index (χ4v) is 4.19. The second-order valence-electron chi connectivity index (χ2n) is 5.99. The Kier molecular flexibility index (Phi) is 6.30. The molecule has 2 fully saturated rings. The van der Waals surface area contributed by atoms with Gasteiger partial charge in [0.05, 0.1) is 12.4 Å². The Balaban J connectivity index is 1.39. The summed E-state index contributed by atoms with van der Waals surface area (Å²) >= 11 is 2.48. The van der Waals surface area contributed by atoms with Gasteiger partial charge in [0, 0.05) is 32.1 Å². The molecule has 1 aliphatic heterocycles. The molecule has 9 nitrogen and oxygen atoms in total. The first kappa shape index (κ1) is 18.9. The Morgan fingerprint density at radius 2 is 1.88 bits per heavy atom. The van der Waals surface area contributed by atoms with E-state index in [9.17, 15) is 14.4 Å². The smallest absolute Gasteiger partial charge is 0.413 e. The molecule has 1 aromatic rings. The lowest BCUT2D eigenvalue weighted by molar-refractivity contribution is -0.139. The zero-order chi connectivity index (χ0) is 18.5. The van der Waals surface area contributed by atoms with Gasteiger partial charge in [-0.05, 0) is 19.8 Å². The van der Waals surface area contributed by atoms with Crippen molar-refractivity contribution in [3.63, 3.8) is 0 Å². The summed E-state index contributed by atoms with van der Waals surface area (Å²) in [5.41, 5.74) is 0. The summed E-state index contributed by atoms with van der Waals surface area (Å²) in [6.07, 6.45) is 1.43. The van der Waals surface area contributed by atoms with Gasteiger partial charge in [-0.2, -0.15) is 0 Å². The number of ether oxygens (including phenoxy) is 1. The molecule has 0 bridgehead atoms. The SMILES string of the molecule is CCOC(=O)Nc1nnc(SCC(=O)N2CCN(C(=O)C3CC3)CC2)s1. The summed E-state index contributed by atoms with van der Waals surface area (Å²) in [5.74, 6) is 0.734. The highest BCUT2D eigenvalue weighted by Gasteiger charge is 2.35. The first-order chi connectivity index (χ1) is 12.6. The van der Waals surface area contributed by atoms with Crippen LogP contribution in [0.3, 0.4) is 0 Å². The molecule has 2 aliphatic rings. The van der Waals surface area contributed by atoms with Crippen LogP contribution in [0.5, 0.6) is 0 Å². The van der Waals surface area contributed by atoms with E-state index in [0.29, 0.717) is 35.7 Å². The highest BCUT2D eigenvalue weighted by molar-refractivity contribution is 8.01. The van der Waals surface area contributed by atoms with Gasteiger partial charge in [-0.15, -0.1) is 10.2 Å². The Bertz CT molecular complexity index is 671. The second-order valence-corrected chi connectivity index (χ2v) is 8.19. The minimum absolute atomic E-state index is 0.0172. The van der Waals surface area contributed by atoms with Crippen molar-refractivity contribution in [2.45, 2.75) is 24.1 Å². The van der Waals surface area contributed by atoms with Crippen molar-refractivity contribution in [1.82, 2.24) is 20.0 Å². The number of anilines is 1. The number of aromatic nitrogens is 2. The molecule has 1 aliphatic carbocycles. The van der Waals surface area contributed by atoms with E-state index < -0.39 is 6.09 Å². The van der Waals surface area contributed by atoms with Crippen molar-refractivity contribution in [2.24, 2.45) is 5.92 Å². The summed E-state index contributed by atoms with van der Waals surface area (Å²) in [6, 6.07) is 0. The molecular formula is C15H21N5O4S2. The summed E-state index contributed by atoms with van der Waals surface area (Å²) in [4.78, 5) is 39.3.